The van der Waals surface area contributed by atoms with Gasteiger partial charge in [-0.05, 0) is 32.1 Å². The Morgan fingerprint density at radius 1 is 1.53 bits per heavy atom. The Bertz CT molecular complexity index is 245. The summed E-state index contributed by atoms with van der Waals surface area (Å²) in [5.74, 6) is 0. The summed E-state index contributed by atoms with van der Waals surface area (Å²) >= 11 is 0. The van der Waals surface area contributed by atoms with Crippen LogP contribution in [0.3, 0.4) is 0 Å². The Labute approximate surface area is 90.8 Å². The molecule has 0 saturated heterocycles. The normalized spacial score (nSPS) is 24.1. The van der Waals surface area contributed by atoms with E-state index in [-0.39, 0.29) is 12.5 Å². The molecule has 86 valence electrons. The Morgan fingerprint density at radius 3 is 2.87 bits per heavy atom. The lowest BCUT2D eigenvalue weighted by Gasteiger charge is -2.24. The maximum absolute atomic E-state index is 10.2. The molecule has 1 aliphatic rings. The van der Waals surface area contributed by atoms with Gasteiger partial charge in [-0.25, -0.2) is 0 Å². The highest BCUT2D eigenvalue weighted by Crippen LogP contribution is 2.30. The number of hydrogen-bond acceptors (Lipinski definition) is 3. The quantitative estimate of drug-likeness (QED) is 0.537. The summed E-state index contributed by atoms with van der Waals surface area (Å²) in [7, 11) is 0. The highest BCUT2D eigenvalue weighted by molar-refractivity contribution is 5.50. The largest absolute Gasteiger partial charge is 0.393 e. The first-order chi connectivity index (χ1) is 7.17. The van der Waals surface area contributed by atoms with Crippen molar-refractivity contribution >= 4 is 6.29 Å². The smallest absolute Gasteiger partial charge is 0.122 e. The zero-order valence-electron chi connectivity index (χ0n) is 9.28. The lowest BCUT2D eigenvalue weighted by molar-refractivity contribution is -0.109. The van der Waals surface area contributed by atoms with E-state index in [0.29, 0.717) is 6.42 Å². The molecule has 3 heteroatoms. The van der Waals surface area contributed by atoms with Gasteiger partial charge in [0.2, 0.25) is 0 Å². The molecule has 2 unspecified atom stereocenters. The third kappa shape index (κ3) is 3.76. The molecule has 0 bridgehead atoms. The van der Waals surface area contributed by atoms with Crippen molar-refractivity contribution in [1.82, 2.24) is 0 Å². The van der Waals surface area contributed by atoms with Gasteiger partial charge in [-0.2, -0.15) is 0 Å². The molecule has 3 nitrogen and oxygen atoms in total. The van der Waals surface area contributed by atoms with Crippen molar-refractivity contribution in [1.29, 1.82) is 0 Å². The van der Waals surface area contributed by atoms with E-state index in [1.165, 1.54) is 11.1 Å². The molecule has 0 aromatic carbocycles. The lowest BCUT2D eigenvalue weighted by atomic mass is 9.85. The molecule has 0 aromatic rings. The number of aldehydes is 1. The summed E-state index contributed by atoms with van der Waals surface area (Å²) < 4.78 is 0. The van der Waals surface area contributed by atoms with Crippen LogP contribution in [-0.4, -0.2) is 28.7 Å². The summed E-state index contributed by atoms with van der Waals surface area (Å²) in [6, 6.07) is 0. The Morgan fingerprint density at radius 2 is 2.27 bits per heavy atom. The first-order valence-corrected chi connectivity index (χ1v) is 5.66. The SMILES string of the molecule is CCC1=C(CC(O)CC=O)CCC(O)C1. The molecule has 0 aliphatic heterocycles. The summed E-state index contributed by atoms with van der Waals surface area (Å²) in [5, 5.41) is 19.1. The molecule has 0 spiro atoms. The van der Waals surface area contributed by atoms with E-state index in [1.54, 1.807) is 0 Å². The minimum absolute atomic E-state index is 0.211. The predicted molar refractivity (Wildman–Crippen MR) is 58.5 cm³/mol. The third-order valence-corrected chi connectivity index (χ3v) is 3.04. The van der Waals surface area contributed by atoms with Crippen LogP contribution in [0.4, 0.5) is 0 Å². The van der Waals surface area contributed by atoms with E-state index < -0.39 is 6.10 Å². The Kier molecular flexibility index (Phi) is 4.99. The van der Waals surface area contributed by atoms with Gasteiger partial charge in [0.15, 0.2) is 0 Å². The van der Waals surface area contributed by atoms with Crippen LogP contribution in [0, 0.1) is 0 Å². The highest BCUT2D eigenvalue weighted by Gasteiger charge is 2.19. The van der Waals surface area contributed by atoms with Crippen LogP contribution in [0.2, 0.25) is 0 Å². The first kappa shape index (κ1) is 12.4. The van der Waals surface area contributed by atoms with Gasteiger partial charge in [-0.3, -0.25) is 0 Å². The average molecular weight is 212 g/mol. The summed E-state index contributed by atoms with van der Waals surface area (Å²) in [4.78, 5) is 10.2. The molecule has 1 rings (SSSR count). The van der Waals surface area contributed by atoms with Gasteiger partial charge in [-0.15, -0.1) is 0 Å². The van der Waals surface area contributed by atoms with Gasteiger partial charge in [0.1, 0.15) is 6.29 Å². The van der Waals surface area contributed by atoms with E-state index in [1.807, 2.05) is 0 Å². The van der Waals surface area contributed by atoms with Gasteiger partial charge in [-0.1, -0.05) is 18.1 Å². The van der Waals surface area contributed by atoms with E-state index in [0.717, 1.165) is 32.0 Å². The number of carbonyl (C=O) groups excluding carboxylic acids is 1. The molecule has 0 radical (unpaired) electrons. The number of carbonyl (C=O) groups is 1. The van der Waals surface area contributed by atoms with Crippen LogP contribution >= 0.6 is 0 Å². The molecular weight excluding hydrogens is 192 g/mol. The van der Waals surface area contributed by atoms with Crippen molar-refractivity contribution in [3.63, 3.8) is 0 Å². The Hall–Kier alpha value is -0.670. The zero-order chi connectivity index (χ0) is 11.3. The molecule has 2 atom stereocenters. The van der Waals surface area contributed by atoms with Crippen LogP contribution in [0.15, 0.2) is 11.1 Å². The van der Waals surface area contributed by atoms with Gasteiger partial charge in [0.25, 0.3) is 0 Å². The molecule has 0 fully saturated rings. The zero-order valence-corrected chi connectivity index (χ0v) is 9.28. The van der Waals surface area contributed by atoms with Crippen molar-refractivity contribution in [3.8, 4) is 0 Å². The fourth-order valence-corrected chi connectivity index (χ4v) is 2.17. The molecule has 1 aliphatic carbocycles. The fraction of sp³-hybridized carbons (Fsp3) is 0.750. The number of aliphatic hydroxyl groups excluding tert-OH is 2. The van der Waals surface area contributed by atoms with Crippen LogP contribution in [0.25, 0.3) is 0 Å². The number of aliphatic hydroxyl groups is 2. The minimum Gasteiger partial charge on any atom is -0.393 e. The molecule has 0 saturated carbocycles. The van der Waals surface area contributed by atoms with E-state index in [4.69, 9.17) is 0 Å². The maximum Gasteiger partial charge on any atom is 0.122 e. The monoisotopic (exact) mass is 212 g/mol. The third-order valence-electron chi connectivity index (χ3n) is 3.04. The van der Waals surface area contributed by atoms with Crippen LogP contribution in [-0.2, 0) is 4.79 Å². The molecule has 0 amide bonds. The second kappa shape index (κ2) is 6.03. The highest BCUT2D eigenvalue weighted by atomic mass is 16.3. The van der Waals surface area contributed by atoms with E-state index in [9.17, 15) is 15.0 Å². The molecule has 15 heavy (non-hydrogen) atoms. The Balaban J connectivity index is 2.60. The van der Waals surface area contributed by atoms with Crippen molar-refractivity contribution in [3.05, 3.63) is 11.1 Å². The topological polar surface area (TPSA) is 57.5 Å². The second-order valence-corrected chi connectivity index (χ2v) is 4.22. The van der Waals surface area contributed by atoms with E-state index >= 15 is 0 Å². The molecule has 0 heterocycles. The number of rotatable bonds is 5. The first-order valence-electron chi connectivity index (χ1n) is 5.66. The summed E-state index contributed by atoms with van der Waals surface area (Å²) in [6.45, 7) is 2.07. The van der Waals surface area contributed by atoms with Gasteiger partial charge in [0.05, 0.1) is 12.2 Å². The van der Waals surface area contributed by atoms with Crippen molar-refractivity contribution in [2.45, 2.75) is 57.7 Å². The van der Waals surface area contributed by atoms with Crippen LogP contribution in [0.5, 0.6) is 0 Å². The van der Waals surface area contributed by atoms with Gasteiger partial charge < -0.3 is 15.0 Å². The van der Waals surface area contributed by atoms with Crippen LogP contribution < -0.4 is 0 Å². The van der Waals surface area contributed by atoms with Gasteiger partial charge in [0, 0.05) is 6.42 Å². The number of hydrogen-bond donors (Lipinski definition) is 2. The predicted octanol–water partition coefficient (Wildman–Crippen LogP) is 1.58. The molecular formula is C12H20O3. The van der Waals surface area contributed by atoms with Crippen LogP contribution in [0.1, 0.15) is 45.4 Å². The summed E-state index contributed by atoms with van der Waals surface area (Å²) in [5.41, 5.74) is 2.51. The van der Waals surface area contributed by atoms with Gasteiger partial charge >= 0.3 is 0 Å². The summed E-state index contributed by atoms with van der Waals surface area (Å²) in [6.07, 6.45) is 4.11. The van der Waals surface area contributed by atoms with Crippen molar-refractivity contribution < 1.29 is 15.0 Å². The average Bonchev–Trinajstić information content (AvgIpc) is 2.21. The van der Waals surface area contributed by atoms with E-state index in [2.05, 4.69) is 6.92 Å². The maximum atomic E-state index is 10.2. The minimum atomic E-state index is -0.547. The molecule has 0 aromatic heterocycles. The molecule has 2 N–H and O–H groups in total. The lowest BCUT2D eigenvalue weighted by Crippen LogP contribution is -2.18. The standard InChI is InChI=1S/C12H20O3/c1-2-9-7-11(14)4-3-10(9)8-12(15)5-6-13/h6,11-12,14-15H,2-5,7-8H2,1H3. The van der Waals surface area contributed by atoms with Crippen molar-refractivity contribution in [2.75, 3.05) is 0 Å². The van der Waals surface area contributed by atoms with Crippen molar-refractivity contribution in [2.24, 2.45) is 0 Å². The second-order valence-electron chi connectivity index (χ2n) is 4.22. The fourth-order valence-electron chi connectivity index (χ4n) is 2.17.